The number of carbonyl (C=O) groups is 2. The van der Waals surface area contributed by atoms with Crippen LogP contribution in [0.25, 0.3) is 5.57 Å². The number of nitriles is 1. The predicted octanol–water partition coefficient (Wildman–Crippen LogP) is 5.72. The summed E-state index contributed by atoms with van der Waals surface area (Å²) in [5, 5.41) is 23.5. The molecule has 0 aromatic heterocycles. The van der Waals surface area contributed by atoms with Gasteiger partial charge in [-0.15, -0.1) is 0 Å². The Kier molecular flexibility index (Phi) is 12.8. The van der Waals surface area contributed by atoms with Gasteiger partial charge in [0.2, 0.25) is 11.8 Å². The van der Waals surface area contributed by atoms with Crippen LogP contribution in [0.3, 0.4) is 0 Å². The van der Waals surface area contributed by atoms with E-state index in [1.807, 2.05) is 0 Å². The van der Waals surface area contributed by atoms with Gasteiger partial charge in [0.15, 0.2) is 9.84 Å². The molecule has 5 heterocycles. The Morgan fingerprint density at radius 2 is 1.72 bits per heavy atom. The number of nitrogens with one attached hydrogen (secondary N) is 4. The molecule has 4 N–H and O–H groups in total. The molecule has 3 aromatic rings. The second-order valence-corrected chi connectivity index (χ2v) is 23.4. The fourth-order valence-corrected chi connectivity index (χ4v) is 13.2. The first-order chi connectivity index (χ1) is 31.8. The zero-order valence-corrected chi connectivity index (χ0v) is 40.7. The predicted molar refractivity (Wildman–Crippen MR) is 253 cm³/mol. The topological polar surface area (TPSA) is 168 Å². The molecule has 5 fully saturated rings. The number of hydrogen-bond acceptors (Lipinski definition) is 12. The number of carbonyl (C=O) groups excluding carboxylic acids is 2. The van der Waals surface area contributed by atoms with E-state index in [0.717, 1.165) is 44.6 Å². The van der Waals surface area contributed by atoms with Gasteiger partial charge in [-0.25, -0.2) is 12.8 Å². The average Bonchev–Trinajstić information content (AvgIpc) is 4.07. The van der Waals surface area contributed by atoms with Crippen LogP contribution in [0.5, 0.6) is 17.2 Å². The number of fused-ring (bicyclic) bond motifs is 1. The number of hydrogen-bond donors (Lipinski definition) is 4. The van der Waals surface area contributed by atoms with Crippen LogP contribution in [0.15, 0.2) is 65.7 Å². The summed E-state index contributed by atoms with van der Waals surface area (Å²) in [6.07, 6.45) is 4.30. The monoisotopic (exact) mass is 956 g/mol. The van der Waals surface area contributed by atoms with Gasteiger partial charge in [-0.3, -0.25) is 30.0 Å². The van der Waals surface area contributed by atoms with Crippen molar-refractivity contribution >= 4 is 38.8 Å². The molecule has 14 nitrogen and oxygen atoms in total. The Bertz CT molecular complexity index is 2620. The number of ether oxygens (including phenoxy) is 2. The Labute approximate surface area is 398 Å². The Balaban J connectivity index is 0.778. The van der Waals surface area contributed by atoms with Crippen molar-refractivity contribution in [1.82, 2.24) is 36.0 Å². The van der Waals surface area contributed by atoms with Crippen LogP contribution in [0.4, 0.5) is 4.39 Å². The van der Waals surface area contributed by atoms with Gasteiger partial charge in [-0.1, -0.05) is 52.3 Å². The summed E-state index contributed by atoms with van der Waals surface area (Å²) in [5.41, 5.74) is 1.74. The van der Waals surface area contributed by atoms with Crippen LogP contribution < -0.4 is 30.7 Å². The van der Waals surface area contributed by atoms with E-state index < -0.39 is 15.9 Å². The first-order valence-corrected chi connectivity index (χ1v) is 25.5. The van der Waals surface area contributed by atoms with E-state index >= 15 is 4.39 Å². The first kappa shape index (κ1) is 47.5. The maximum atomic E-state index is 15.9. The van der Waals surface area contributed by atoms with Crippen molar-refractivity contribution in [2.45, 2.75) is 89.8 Å². The summed E-state index contributed by atoms with van der Waals surface area (Å²) in [7, 11) is -1.84. The standard InChI is InChI=1S/C50H62ClFN8O6S/c1-7-67(63,64)35-12-13-41(37(22-35)38-27-58(6)44(62)42-36(38)14-17-54-42)65-34-11-9-31(40(52)21-34)26-59-18-15-50(28-59)16-19-60(29-50)47-55-24-32(25-56-47)43(61)57-45-48(2,3)46(49(45,4)5)66-33-10-8-30(23-53)39(51)20-33/h8-13,20-22,27,32,36,42,45-47,54-56H,7,14-19,24-26,28-29H2,1-6H3,(H,57,61). The molecule has 2 amide bonds. The molecule has 67 heavy (non-hydrogen) atoms. The highest BCUT2D eigenvalue weighted by Gasteiger charge is 2.64. The van der Waals surface area contributed by atoms with Crippen molar-refractivity contribution < 1.29 is 31.9 Å². The number of likely N-dealkylation sites (tertiary alicyclic amines) is 2. The third kappa shape index (κ3) is 8.97. The van der Waals surface area contributed by atoms with E-state index in [2.05, 4.69) is 64.8 Å². The maximum absolute atomic E-state index is 15.9. The van der Waals surface area contributed by atoms with Crippen LogP contribution >= 0.6 is 11.6 Å². The lowest BCUT2D eigenvalue weighted by molar-refractivity contribution is -0.174. The SMILES string of the molecule is CCS(=O)(=O)c1ccc(Oc2ccc(CN3CCC4(CCN(C5NCC(C(=O)NC6C(C)(C)C(Oc7ccc(C#N)c(Cl)c7)C6(C)C)CN5)C4)C3)c(F)c2)c(C2=CN(C)C(=O)C3NCCC23)c1. The molecule has 17 heteroatoms. The molecule has 4 saturated heterocycles. The number of sulfone groups is 1. The second-order valence-electron chi connectivity index (χ2n) is 20.7. The van der Waals surface area contributed by atoms with E-state index in [-0.39, 0.29) is 74.8 Å². The molecule has 3 unspecified atom stereocenters. The van der Waals surface area contributed by atoms with E-state index in [0.29, 0.717) is 71.6 Å². The van der Waals surface area contributed by atoms with Crippen molar-refractivity contribution in [2.75, 3.05) is 58.6 Å². The Hall–Kier alpha value is -4.60. The van der Waals surface area contributed by atoms with Gasteiger partial charge < -0.3 is 25.0 Å². The average molecular weight is 958 g/mol. The minimum atomic E-state index is -3.54. The summed E-state index contributed by atoms with van der Waals surface area (Å²) >= 11 is 6.28. The number of benzene rings is 3. The number of halogens is 2. The molecule has 3 atom stereocenters. The van der Waals surface area contributed by atoms with Gasteiger partial charge in [0.05, 0.1) is 33.2 Å². The molecule has 5 aliphatic heterocycles. The van der Waals surface area contributed by atoms with Gasteiger partial charge in [0, 0.05) is 98.6 Å². The van der Waals surface area contributed by atoms with Gasteiger partial charge in [-0.2, -0.15) is 5.26 Å². The summed E-state index contributed by atoms with van der Waals surface area (Å²) in [6.45, 7) is 15.8. The second kappa shape index (κ2) is 18.0. The molecule has 0 bridgehead atoms. The Morgan fingerprint density at radius 3 is 2.42 bits per heavy atom. The van der Waals surface area contributed by atoms with Crippen molar-refractivity contribution in [3.8, 4) is 23.3 Å². The van der Waals surface area contributed by atoms with Gasteiger partial charge in [0.25, 0.3) is 0 Å². The van der Waals surface area contributed by atoms with Crippen molar-refractivity contribution in [3.63, 3.8) is 0 Å². The van der Waals surface area contributed by atoms with E-state index in [1.54, 1.807) is 62.6 Å². The zero-order chi connectivity index (χ0) is 47.6. The van der Waals surface area contributed by atoms with Crippen LogP contribution in [0.2, 0.25) is 5.02 Å². The van der Waals surface area contributed by atoms with Crippen LogP contribution in [-0.4, -0.2) is 118 Å². The molecule has 0 radical (unpaired) electrons. The van der Waals surface area contributed by atoms with Crippen molar-refractivity contribution in [3.05, 3.63) is 88.3 Å². The number of rotatable bonds is 12. The molecule has 9 rings (SSSR count). The molecule has 3 aromatic carbocycles. The normalized spacial score (nSPS) is 29.3. The fraction of sp³-hybridized carbons (Fsp3) is 0.540. The largest absolute Gasteiger partial charge is 0.489 e. The van der Waals surface area contributed by atoms with E-state index in [1.165, 1.54) is 17.0 Å². The summed E-state index contributed by atoms with van der Waals surface area (Å²) < 4.78 is 54.7. The number of amides is 2. The van der Waals surface area contributed by atoms with Crippen LogP contribution in [0, 0.1) is 45.2 Å². The highest BCUT2D eigenvalue weighted by molar-refractivity contribution is 7.91. The molecular weight excluding hydrogens is 895 g/mol. The summed E-state index contributed by atoms with van der Waals surface area (Å²) in [5.74, 6) is 0.434. The lowest BCUT2D eigenvalue weighted by Crippen LogP contribution is -2.75. The van der Waals surface area contributed by atoms with E-state index in [9.17, 15) is 23.3 Å². The Morgan fingerprint density at radius 1 is 0.985 bits per heavy atom. The van der Waals surface area contributed by atoms with Crippen molar-refractivity contribution in [1.29, 1.82) is 5.26 Å². The summed E-state index contributed by atoms with van der Waals surface area (Å²) in [6, 6.07) is 16.3. The molecule has 358 valence electrons. The third-order valence-corrected chi connectivity index (χ3v) is 17.5. The highest BCUT2D eigenvalue weighted by Crippen LogP contribution is 2.56. The third-order valence-electron chi connectivity index (χ3n) is 15.5. The summed E-state index contributed by atoms with van der Waals surface area (Å²) in [4.78, 5) is 33.1. The van der Waals surface area contributed by atoms with Crippen molar-refractivity contribution in [2.24, 2.45) is 28.1 Å². The molecule has 1 aliphatic carbocycles. The van der Waals surface area contributed by atoms with E-state index in [4.69, 9.17) is 21.1 Å². The fourth-order valence-electron chi connectivity index (χ4n) is 12.1. The van der Waals surface area contributed by atoms with Gasteiger partial charge in [0.1, 0.15) is 41.5 Å². The van der Waals surface area contributed by atoms with Gasteiger partial charge in [-0.05, 0) is 79.7 Å². The number of likely N-dealkylation sites (N-methyl/N-ethyl adjacent to an activating group) is 1. The lowest BCUT2D eigenvalue weighted by Gasteiger charge is -2.63. The first-order valence-electron chi connectivity index (χ1n) is 23.5. The smallest absolute Gasteiger partial charge is 0.244 e. The minimum absolute atomic E-state index is 0.00714. The quantitative estimate of drug-likeness (QED) is 0.175. The number of nitrogens with zero attached hydrogens (tertiary/aromatic N) is 4. The van der Waals surface area contributed by atoms with Gasteiger partial charge >= 0.3 is 0 Å². The lowest BCUT2D eigenvalue weighted by atomic mass is 9.49. The molecule has 1 saturated carbocycles. The van der Waals surface area contributed by atoms with Crippen LogP contribution in [0.1, 0.15) is 70.6 Å². The zero-order valence-electron chi connectivity index (χ0n) is 39.1. The molecule has 1 spiro atoms. The minimum Gasteiger partial charge on any atom is -0.489 e. The molecular formula is C50H62ClFN8O6S. The molecule has 6 aliphatic rings. The maximum Gasteiger partial charge on any atom is 0.244 e. The highest BCUT2D eigenvalue weighted by atomic mass is 35.5. The van der Waals surface area contributed by atoms with Crippen LogP contribution in [-0.2, 0) is 26.0 Å².